The van der Waals surface area contributed by atoms with E-state index in [1.807, 2.05) is 18.2 Å². The largest absolute Gasteiger partial charge is 0.398 e. The summed E-state index contributed by atoms with van der Waals surface area (Å²) in [7, 11) is 0. The predicted octanol–water partition coefficient (Wildman–Crippen LogP) is 0.513. The number of hydrogen-bond acceptors (Lipinski definition) is 4. The molecule has 1 saturated heterocycles. The number of rotatable bonds is 4. The molecule has 0 aromatic heterocycles. The molecule has 0 radical (unpaired) electrons. The topological polar surface area (TPSA) is 78.6 Å². The maximum absolute atomic E-state index is 11.0. The lowest BCUT2D eigenvalue weighted by atomic mass is 10.1. The van der Waals surface area contributed by atoms with Gasteiger partial charge in [0.2, 0.25) is 5.91 Å². The fourth-order valence-corrected chi connectivity index (χ4v) is 2.56. The van der Waals surface area contributed by atoms with E-state index in [1.54, 1.807) is 6.07 Å². The van der Waals surface area contributed by atoms with Gasteiger partial charge in [0.1, 0.15) is 0 Å². The highest BCUT2D eigenvalue weighted by atomic mass is 16.3. The lowest BCUT2D eigenvalue weighted by molar-refractivity contribution is -0.119. The number of anilines is 1. The van der Waals surface area contributed by atoms with Crippen molar-refractivity contribution < 1.29 is 9.90 Å². The number of nitrogens with one attached hydrogen (secondary N) is 1. The van der Waals surface area contributed by atoms with Crippen LogP contribution in [0, 0.1) is 0 Å². The van der Waals surface area contributed by atoms with Gasteiger partial charge in [-0.25, -0.2) is 0 Å². The van der Waals surface area contributed by atoms with Crippen LogP contribution in [0.4, 0.5) is 5.69 Å². The van der Waals surface area contributed by atoms with E-state index in [4.69, 9.17) is 5.73 Å². The van der Waals surface area contributed by atoms with Gasteiger partial charge in [-0.05, 0) is 12.5 Å². The molecule has 1 aliphatic heterocycles. The molecule has 2 atom stereocenters. The highest BCUT2D eigenvalue weighted by molar-refractivity contribution is 5.73. The van der Waals surface area contributed by atoms with Crippen LogP contribution in [0.2, 0.25) is 0 Å². The Labute approximate surface area is 113 Å². The number of aliphatic hydroxyl groups is 1. The van der Waals surface area contributed by atoms with Crippen molar-refractivity contribution >= 4 is 11.6 Å². The first kappa shape index (κ1) is 13.8. The second kappa shape index (κ2) is 6.04. The number of para-hydroxylation sites is 1. The predicted molar refractivity (Wildman–Crippen MR) is 74.5 cm³/mol. The first-order chi connectivity index (χ1) is 9.06. The third-order valence-electron chi connectivity index (χ3n) is 3.47. The summed E-state index contributed by atoms with van der Waals surface area (Å²) in [6.07, 6.45) is 0.341. The van der Waals surface area contributed by atoms with E-state index in [-0.39, 0.29) is 11.9 Å². The van der Waals surface area contributed by atoms with Crippen LogP contribution < -0.4 is 11.1 Å². The van der Waals surface area contributed by atoms with E-state index in [0.29, 0.717) is 12.2 Å². The van der Waals surface area contributed by atoms with Crippen molar-refractivity contribution in [3.8, 4) is 0 Å². The SMILES string of the molecule is CC(=O)NC1CCN(CC(O)c2ccccc2N)C1. The lowest BCUT2D eigenvalue weighted by Crippen LogP contribution is -2.36. The molecular formula is C14H21N3O2. The molecule has 1 aliphatic rings. The summed E-state index contributed by atoms with van der Waals surface area (Å²) in [5.41, 5.74) is 7.24. The van der Waals surface area contributed by atoms with Gasteiger partial charge < -0.3 is 16.2 Å². The summed E-state index contributed by atoms with van der Waals surface area (Å²) < 4.78 is 0. The Kier molecular flexibility index (Phi) is 4.39. The molecule has 4 N–H and O–H groups in total. The number of amides is 1. The molecule has 0 aliphatic carbocycles. The normalized spacial score (nSPS) is 21.3. The fourth-order valence-electron chi connectivity index (χ4n) is 2.56. The summed E-state index contributed by atoms with van der Waals surface area (Å²) in [5, 5.41) is 13.1. The minimum absolute atomic E-state index is 0.000276. The maximum Gasteiger partial charge on any atom is 0.217 e. The summed E-state index contributed by atoms with van der Waals surface area (Å²) in [5.74, 6) is -0.000276. The van der Waals surface area contributed by atoms with Gasteiger partial charge >= 0.3 is 0 Å². The van der Waals surface area contributed by atoms with E-state index in [1.165, 1.54) is 6.92 Å². The average Bonchev–Trinajstić information content (AvgIpc) is 2.76. The molecule has 1 fully saturated rings. The summed E-state index contributed by atoms with van der Waals surface area (Å²) in [4.78, 5) is 13.1. The van der Waals surface area contributed by atoms with Crippen LogP contribution in [0.1, 0.15) is 25.0 Å². The molecule has 0 saturated carbocycles. The number of β-amino-alcohol motifs (C(OH)–C–C–N with tert-alkyl or cyclic N) is 1. The zero-order valence-electron chi connectivity index (χ0n) is 11.2. The Morgan fingerprint density at radius 1 is 1.58 bits per heavy atom. The zero-order chi connectivity index (χ0) is 13.8. The van der Waals surface area contributed by atoms with Crippen molar-refractivity contribution in [2.24, 2.45) is 0 Å². The monoisotopic (exact) mass is 263 g/mol. The summed E-state index contributed by atoms with van der Waals surface area (Å²) >= 11 is 0. The molecule has 2 unspecified atom stereocenters. The summed E-state index contributed by atoms with van der Waals surface area (Å²) in [6.45, 7) is 3.74. The van der Waals surface area contributed by atoms with Crippen LogP contribution in [0.5, 0.6) is 0 Å². The molecule has 0 spiro atoms. The first-order valence-electron chi connectivity index (χ1n) is 6.58. The molecule has 1 aromatic rings. The zero-order valence-corrected chi connectivity index (χ0v) is 11.2. The Balaban J connectivity index is 1.89. The molecule has 1 aromatic carbocycles. The molecule has 1 amide bonds. The van der Waals surface area contributed by atoms with Crippen molar-refractivity contribution in [2.75, 3.05) is 25.4 Å². The molecular weight excluding hydrogens is 242 g/mol. The highest BCUT2D eigenvalue weighted by Crippen LogP contribution is 2.22. The molecule has 0 bridgehead atoms. The number of aliphatic hydroxyl groups excluding tert-OH is 1. The molecule has 1 heterocycles. The van der Waals surface area contributed by atoms with Gasteiger partial charge in [-0.1, -0.05) is 18.2 Å². The lowest BCUT2D eigenvalue weighted by Gasteiger charge is -2.21. The number of benzene rings is 1. The van der Waals surface area contributed by atoms with E-state index in [9.17, 15) is 9.90 Å². The van der Waals surface area contributed by atoms with Crippen LogP contribution in [0.3, 0.4) is 0 Å². The van der Waals surface area contributed by atoms with Crippen molar-refractivity contribution in [3.63, 3.8) is 0 Å². The number of nitrogens with two attached hydrogens (primary N) is 1. The highest BCUT2D eigenvalue weighted by Gasteiger charge is 2.25. The van der Waals surface area contributed by atoms with Gasteiger partial charge in [-0.15, -0.1) is 0 Å². The van der Waals surface area contributed by atoms with Gasteiger partial charge in [0.15, 0.2) is 0 Å². The summed E-state index contributed by atoms with van der Waals surface area (Å²) in [6, 6.07) is 7.56. The van der Waals surface area contributed by atoms with Gasteiger partial charge in [0.05, 0.1) is 6.10 Å². The van der Waals surface area contributed by atoms with Gasteiger partial charge in [-0.3, -0.25) is 9.69 Å². The third kappa shape index (κ3) is 3.68. The van der Waals surface area contributed by atoms with Crippen LogP contribution >= 0.6 is 0 Å². The van der Waals surface area contributed by atoms with E-state index in [0.717, 1.165) is 25.1 Å². The molecule has 5 nitrogen and oxygen atoms in total. The van der Waals surface area contributed by atoms with Crippen molar-refractivity contribution in [1.29, 1.82) is 0 Å². The van der Waals surface area contributed by atoms with Crippen molar-refractivity contribution in [3.05, 3.63) is 29.8 Å². The fraction of sp³-hybridized carbons (Fsp3) is 0.500. The van der Waals surface area contributed by atoms with E-state index in [2.05, 4.69) is 10.2 Å². The van der Waals surface area contributed by atoms with Crippen LogP contribution in [-0.4, -0.2) is 41.6 Å². The number of carbonyl (C=O) groups excluding carboxylic acids is 1. The van der Waals surface area contributed by atoms with Gasteiger partial charge in [0.25, 0.3) is 0 Å². The Hall–Kier alpha value is -1.59. The molecule has 104 valence electrons. The minimum Gasteiger partial charge on any atom is -0.398 e. The quantitative estimate of drug-likeness (QED) is 0.692. The Bertz CT molecular complexity index is 450. The third-order valence-corrected chi connectivity index (χ3v) is 3.47. The minimum atomic E-state index is -0.586. The Morgan fingerprint density at radius 2 is 2.32 bits per heavy atom. The number of hydrogen-bond donors (Lipinski definition) is 3. The number of carbonyl (C=O) groups is 1. The standard InChI is InChI=1S/C14H21N3O2/c1-10(18)16-11-6-7-17(8-11)9-14(19)12-4-2-3-5-13(12)15/h2-5,11,14,19H,6-9,15H2,1H3,(H,16,18). The second-order valence-electron chi connectivity index (χ2n) is 5.09. The number of nitrogen functional groups attached to an aromatic ring is 1. The second-order valence-corrected chi connectivity index (χ2v) is 5.09. The maximum atomic E-state index is 11.0. The average molecular weight is 263 g/mol. The van der Waals surface area contributed by atoms with Crippen LogP contribution in [0.25, 0.3) is 0 Å². The van der Waals surface area contributed by atoms with Crippen LogP contribution in [0.15, 0.2) is 24.3 Å². The van der Waals surface area contributed by atoms with Gasteiger partial charge in [0, 0.05) is 43.9 Å². The van der Waals surface area contributed by atoms with Crippen molar-refractivity contribution in [2.45, 2.75) is 25.5 Å². The number of nitrogens with zero attached hydrogens (tertiary/aromatic N) is 1. The van der Waals surface area contributed by atoms with Crippen molar-refractivity contribution in [1.82, 2.24) is 10.2 Å². The Morgan fingerprint density at radius 3 is 3.00 bits per heavy atom. The van der Waals surface area contributed by atoms with E-state index < -0.39 is 6.10 Å². The first-order valence-corrected chi connectivity index (χ1v) is 6.58. The smallest absolute Gasteiger partial charge is 0.217 e. The molecule has 5 heteroatoms. The molecule has 2 rings (SSSR count). The van der Waals surface area contributed by atoms with E-state index >= 15 is 0 Å². The van der Waals surface area contributed by atoms with Crippen LogP contribution in [-0.2, 0) is 4.79 Å². The molecule has 19 heavy (non-hydrogen) atoms. The number of likely N-dealkylation sites (tertiary alicyclic amines) is 1. The van der Waals surface area contributed by atoms with Gasteiger partial charge in [-0.2, -0.15) is 0 Å².